The zero-order chi connectivity index (χ0) is 18.6. The standard InChI is InChI=1S/C18H19FN2O4/c1-18(2,3)12-4-7-14(8-5-12)25-11-17(22)20-13-6-9-15(19)16(10-13)21(23)24/h4-10H,11H2,1-3H3,(H,20,22). The van der Waals surface area contributed by atoms with E-state index in [4.69, 9.17) is 4.74 Å². The summed E-state index contributed by atoms with van der Waals surface area (Å²) in [4.78, 5) is 21.7. The van der Waals surface area contributed by atoms with Crippen LogP contribution in [0.1, 0.15) is 26.3 Å². The largest absolute Gasteiger partial charge is 0.484 e. The number of halogens is 1. The predicted molar refractivity (Wildman–Crippen MR) is 92.3 cm³/mol. The molecule has 25 heavy (non-hydrogen) atoms. The molecule has 0 saturated heterocycles. The molecule has 1 N–H and O–H groups in total. The molecule has 0 aliphatic rings. The lowest BCUT2D eigenvalue weighted by Crippen LogP contribution is -2.20. The highest BCUT2D eigenvalue weighted by Crippen LogP contribution is 2.24. The summed E-state index contributed by atoms with van der Waals surface area (Å²) in [5.74, 6) is -0.924. The molecule has 0 atom stereocenters. The number of amides is 1. The van der Waals surface area contributed by atoms with Crippen molar-refractivity contribution in [2.24, 2.45) is 0 Å². The van der Waals surface area contributed by atoms with Crippen LogP contribution in [-0.2, 0) is 10.2 Å². The van der Waals surface area contributed by atoms with Crippen LogP contribution in [0.15, 0.2) is 42.5 Å². The van der Waals surface area contributed by atoms with E-state index >= 15 is 0 Å². The maximum absolute atomic E-state index is 13.3. The Hall–Kier alpha value is -2.96. The molecule has 0 fully saturated rings. The van der Waals surface area contributed by atoms with Crippen molar-refractivity contribution in [2.75, 3.05) is 11.9 Å². The third-order valence-electron chi connectivity index (χ3n) is 3.52. The Labute approximate surface area is 144 Å². The second-order valence-electron chi connectivity index (χ2n) is 6.53. The summed E-state index contributed by atoms with van der Waals surface area (Å²) in [5.41, 5.74) is 0.594. The fourth-order valence-corrected chi connectivity index (χ4v) is 2.13. The van der Waals surface area contributed by atoms with Gasteiger partial charge in [0, 0.05) is 11.8 Å². The van der Waals surface area contributed by atoms with Crippen molar-refractivity contribution in [3.63, 3.8) is 0 Å². The van der Waals surface area contributed by atoms with Gasteiger partial charge in [-0.1, -0.05) is 32.9 Å². The molecule has 1 amide bonds. The van der Waals surface area contributed by atoms with Gasteiger partial charge in [0.1, 0.15) is 5.75 Å². The molecular weight excluding hydrogens is 327 g/mol. The maximum atomic E-state index is 13.3. The van der Waals surface area contributed by atoms with E-state index in [0.717, 1.165) is 17.7 Å². The molecule has 0 aromatic heterocycles. The van der Waals surface area contributed by atoms with Gasteiger partial charge < -0.3 is 10.1 Å². The molecule has 0 spiro atoms. The van der Waals surface area contributed by atoms with Crippen LogP contribution >= 0.6 is 0 Å². The number of rotatable bonds is 5. The quantitative estimate of drug-likeness (QED) is 0.654. The van der Waals surface area contributed by atoms with Crippen molar-refractivity contribution in [2.45, 2.75) is 26.2 Å². The molecule has 0 aliphatic heterocycles. The topological polar surface area (TPSA) is 81.5 Å². The molecule has 0 bridgehead atoms. The third-order valence-corrected chi connectivity index (χ3v) is 3.52. The summed E-state index contributed by atoms with van der Waals surface area (Å²) in [6.07, 6.45) is 0. The molecule has 0 radical (unpaired) electrons. The normalized spacial score (nSPS) is 11.0. The summed E-state index contributed by atoms with van der Waals surface area (Å²) >= 11 is 0. The van der Waals surface area contributed by atoms with Crippen LogP contribution in [0.5, 0.6) is 5.75 Å². The molecule has 0 aliphatic carbocycles. The number of hydrogen-bond donors (Lipinski definition) is 1. The predicted octanol–water partition coefficient (Wildman–Crippen LogP) is 4.05. The molecule has 132 valence electrons. The van der Waals surface area contributed by atoms with Crippen molar-refractivity contribution in [3.05, 3.63) is 64.0 Å². The Morgan fingerprint density at radius 2 is 1.84 bits per heavy atom. The van der Waals surface area contributed by atoms with Gasteiger partial charge in [0.05, 0.1) is 4.92 Å². The highest BCUT2D eigenvalue weighted by molar-refractivity contribution is 5.92. The van der Waals surface area contributed by atoms with Gasteiger partial charge in [-0.25, -0.2) is 0 Å². The minimum atomic E-state index is -0.960. The maximum Gasteiger partial charge on any atom is 0.306 e. The average Bonchev–Trinajstić information content (AvgIpc) is 2.54. The molecule has 0 heterocycles. The number of ether oxygens (including phenoxy) is 1. The molecule has 7 heteroatoms. The first-order valence-electron chi connectivity index (χ1n) is 7.64. The van der Waals surface area contributed by atoms with Crippen LogP contribution in [-0.4, -0.2) is 17.4 Å². The first-order valence-corrected chi connectivity index (χ1v) is 7.64. The van der Waals surface area contributed by atoms with Gasteiger partial charge in [-0.05, 0) is 35.2 Å². The molecule has 2 aromatic carbocycles. The number of nitrogens with zero attached hydrogens (tertiary/aromatic N) is 1. The van der Waals surface area contributed by atoms with Crippen LogP contribution in [0.3, 0.4) is 0 Å². The van der Waals surface area contributed by atoms with E-state index in [9.17, 15) is 19.3 Å². The molecule has 0 unspecified atom stereocenters. The van der Waals surface area contributed by atoms with Crippen molar-refractivity contribution in [1.82, 2.24) is 0 Å². The molecule has 6 nitrogen and oxygen atoms in total. The number of nitrogens with one attached hydrogen (secondary N) is 1. The van der Waals surface area contributed by atoms with Crippen LogP contribution in [0.2, 0.25) is 0 Å². The van der Waals surface area contributed by atoms with E-state index in [0.29, 0.717) is 5.75 Å². The number of carbonyl (C=O) groups excluding carboxylic acids is 1. The zero-order valence-corrected chi connectivity index (χ0v) is 14.2. The Bertz CT molecular complexity index is 783. The average molecular weight is 346 g/mol. The second kappa shape index (κ2) is 7.29. The molecule has 2 rings (SSSR count). The number of nitro benzene ring substituents is 1. The van der Waals surface area contributed by atoms with Gasteiger partial charge >= 0.3 is 5.69 Å². The monoisotopic (exact) mass is 346 g/mol. The van der Waals surface area contributed by atoms with Gasteiger partial charge in [0.15, 0.2) is 6.61 Å². The van der Waals surface area contributed by atoms with E-state index in [1.807, 2.05) is 12.1 Å². The van der Waals surface area contributed by atoms with Gasteiger partial charge in [-0.3, -0.25) is 14.9 Å². The fraction of sp³-hybridized carbons (Fsp3) is 0.278. The number of nitro groups is 1. The van der Waals surface area contributed by atoms with Crippen LogP contribution < -0.4 is 10.1 Å². The first-order chi connectivity index (χ1) is 11.7. The molecular formula is C18H19FN2O4. The van der Waals surface area contributed by atoms with Crippen molar-refractivity contribution >= 4 is 17.3 Å². The SMILES string of the molecule is CC(C)(C)c1ccc(OCC(=O)Nc2ccc(F)c([N+](=O)[O-])c2)cc1. The fourth-order valence-electron chi connectivity index (χ4n) is 2.13. The van der Waals surface area contributed by atoms with E-state index < -0.39 is 22.3 Å². The zero-order valence-electron chi connectivity index (χ0n) is 14.2. The highest BCUT2D eigenvalue weighted by Gasteiger charge is 2.16. The summed E-state index contributed by atoms with van der Waals surface area (Å²) in [6, 6.07) is 10.5. The van der Waals surface area contributed by atoms with Gasteiger partial charge in [-0.15, -0.1) is 0 Å². The summed E-state index contributed by atoms with van der Waals surface area (Å²) in [6.45, 7) is 6.02. The first kappa shape index (κ1) is 18.4. The van der Waals surface area contributed by atoms with E-state index in [1.165, 1.54) is 6.07 Å². The van der Waals surface area contributed by atoms with Gasteiger partial charge in [0.2, 0.25) is 5.82 Å². The van der Waals surface area contributed by atoms with Crippen molar-refractivity contribution in [3.8, 4) is 5.75 Å². The van der Waals surface area contributed by atoms with E-state index in [2.05, 4.69) is 26.1 Å². The number of anilines is 1. The number of carbonyl (C=O) groups is 1. The molecule has 2 aromatic rings. The lowest BCUT2D eigenvalue weighted by molar-refractivity contribution is -0.387. The van der Waals surface area contributed by atoms with Gasteiger partial charge in [0.25, 0.3) is 5.91 Å². The Morgan fingerprint density at radius 3 is 2.40 bits per heavy atom. The number of benzene rings is 2. The third kappa shape index (κ3) is 5.00. The van der Waals surface area contributed by atoms with Crippen LogP contribution in [0, 0.1) is 15.9 Å². The minimum Gasteiger partial charge on any atom is -0.484 e. The summed E-state index contributed by atoms with van der Waals surface area (Å²) < 4.78 is 18.7. The van der Waals surface area contributed by atoms with Gasteiger partial charge in [-0.2, -0.15) is 4.39 Å². The second-order valence-corrected chi connectivity index (χ2v) is 6.53. The van der Waals surface area contributed by atoms with E-state index in [-0.39, 0.29) is 17.7 Å². The van der Waals surface area contributed by atoms with Crippen molar-refractivity contribution < 1.29 is 18.8 Å². The smallest absolute Gasteiger partial charge is 0.306 e. The van der Waals surface area contributed by atoms with Crippen LogP contribution in [0.25, 0.3) is 0 Å². The van der Waals surface area contributed by atoms with Crippen molar-refractivity contribution in [1.29, 1.82) is 0 Å². The van der Waals surface area contributed by atoms with Crippen LogP contribution in [0.4, 0.5) is 15.8 Å². The lowest BCUT2D eigenvalue weighted by Gasteiger charge is -2.19. The summed E-state index contributed by atoms with van der Waals surface area (Å²) in [7, 11) is 0. The minimum absolute atomic E-state index is 0.0210. The lowest BCUT2D eigenvalue weighted by atomic mass is 9.87. The summed E-state index contributed by atoms with van der Waals surface area (Å²) in [5, 5.41) is 13.1. The van der Waals surface area contributed by atoms with E-state index in [1.54, 1.807) is 12.1 Å². The Morgan fingerprint density at radius 1 is 1.20 bits per heavy atom. The highest BCUT2D eigenvalue weighted by atomic mass is 19.1. The Kier molecular flexibility index (Phi) is 5.36. The number of hydrogen-bond acceptors (Lipinski definition) is 4. The molecule has 0 saturated carbocycles. The Balaban J connectivity index is 1.95.